The predicted molar refractivity (Wildman–Crippen MR) is 102 cm³/mol. The van der Waals surface area contributed by atoms with Crippen molar-refractivity contribution >= 4 is 23.6 Å². The highest BCUT2D eigenvalue weighted by molar-refractivity contribution is 8.00. The van der Waals surface area contributed by atoms with E-state index in [0.29, 0.717) is 23.3 Å². The summed E-state index contributed by atoms with van der Waals surface area (Å²) in [7, 11) is 0. The smallest absolute Gasteiger partial charge is 0.248 e. The Morgan fingerprint density at radius 2 is 2.12 bits per heavy atom. The summed E-state index contributed by atoms with van der Waals surface area (Å²) in [6.07, 6.45) is 0. The van der Waals surface area contributed by atoms with Gasteiger partial charge in [-0.15, -0.1) is 0 Å². The van der Waals surface area contributed by atoms with Gasteiger partial charge in [0.15, 0.2) is 5.96 Å². The Bertz CT molecular complexity index is 571. The number of thioether (sulfide) groups is 1. The third kappa shape index (κ3) is 5.16. The molecule has 0 saturated carbocycles. The van der Waals surface area contributed by atoms with Crippen molar-refractivity contribution in [1.82, 2.24) is 10.2 Å². The maximum Gasteiger partial charge on any atom is 0.248 e. The Morgan fingerprint density at radius 3 is 2.71 bits per heavy atom. The first-order valence-corrected chi connectivity index (χ1v) is 9.59. The molecule has 0 radical (unpaired) electrons. The van der Waals surface area contributed by atoms with Gasteiger partial charge in [0.25, 0.3) is 0 Å². The van der Waals surface area contributed by atoms with Crippen molar-refractivity contribution in [2.24, 2.45) is 16.6 Å². The minimum absolute atomic E-state index is 0.399. The largest absolute Gasteiger partial charge is 0.366 e. The molecule has 6 heteroatoms. The van der Waals surface area contributed by atoms with E-state index in [1.54, 1.807) is 12.1 Å². The normalized spacial score (nSPS) is 18.8. The van der Waals surface area contributed by atoms with Crippen LogP contribution in [0.25, 0.3) is 0 Å². The SMILES string of the molecule is CCNC(=NCc1ccc(C(N)=O)cc1)N1CCSC(C(C)C)C1. The Kier molecular flexibility index (Phi) is 6.97. The third-order valence-electron chi connectivity index (χ3n) is 4.12. The summed E-state index contributed by atoms with van der Waals surface area (Å²) in [5.41, 5.74) is 6.88. The molecule has 1 aliphatic rings. The number of carbonyl (C=O) groups is 1. The van der Waals surface area contributed by atoms with E-state index in [-0.39, 0.29) is 0 Å². The van der Waals surface area contributed by atoms with Crippen molar-refractivity contribution in [3.05, 3.63) is 35.4 Å². The number of benzene rings is 1. The zero-order chi connectivity index (χ0) is 17.5. The topological polar surface area (TPSA) is 70.7 Å². The van der Waals surface area contributed by atoms with Crippen LogP contribution in [0.5, 0.6) is 0 Å². The molecule has 1 amide bonds. The highest BCUT2D eigenvalue weighted by atomic mass is 32.2. The molecule has 1 aliphatic heterocycles. The first-order valence-electron chi connectivity index (χ1n) is 8.54. The van der Waals surface area contributed by atoms with Crippen LogP contribution < -0.4 is 11.1 Å². The third-order valence-corrected chi connectivity index (χ3v) is 5.66. The summed E-state index contributed by atoms with van der Waals surface area (Å²) >= 11 is 2.06. The monoisotopic (exact) mass is 348 g/mol. The number of nitrogens with one attached hydrogen (secondary N) is 1. The number of nitrogens with zero attached hydrogens (tertiary/aromatic N) is 2. The van der Waals surface area contributed by atoms with Crippen LogP contribution in [-0.2, 0) is 6.54 Å². The van der Waals surface area contributed by atoms with E-state index in [2.05, 4.69) is 42.7 Å². The fourth-order valence-electron chi connectivity index (χ4n) is 2.64. The molecule has 0 spiro atoms. The summed E-state index contributed by atoms with van der Waals surface area (Å²) in [6.45, 7) is 10.2. The van der Waals surface area contributed by atoms with Crippen molar-refractivity contribution in [3.8, 4) is 0 Å². The number of guanidine groups is 1. The van der Waals surface area contributed by atoms with E-state index in [0.717, 1.165) is 36.9 Å². The second-order valence-electron chi connectivity index (χ2n) is 6.33. The van der Waals surface area contributed by atoms with Crippen molar-refractivity contribution < 1.29 is 4.79 Å². The average Bonchev–Trinajstić information content (AvgIpc) is 2.59. The molecule has 1 aromatic carbocycles. The molecule has 5 nitrogen and oxygen atoms in total. The van der Waals surface area contributed by atoms with Crippen LogP contribution in [0.2, 0.25) is 0 Å². The lowest BCUT2D eigenvalue weighted by molar-refractivity contribution is 0.100. The zero-order valence-corrected chi connectivity index (χ0v) is 15.6. The highest BCUT2D eigenvalue weighted by Gasteiger charge is 2.24. The van der Waals surface area contributed by atoms with E-state index < -0.39 is 5.91 Å². The number of hydrogen-bond donors (Lipinski definition) is 2. The first-order chi connectivity index (χ1) is 11.5. The first kappa shape index (κ1) is 18.6. The lowest BCUT2D eigenvalue weighted by Gasteiger charge is -2.36. The van der Waals surface area contributed by atoms with E-state index >= 15 is 0 Å². The van der Waals surface area contributed by atoms with Gasteiger partial charge < -0.3 is 16.0 Å². The van der Waals surface area contributed by atoms with Crippen molar-refractivity contribution in [3.63, 3.8) is 0 Å². The Hall–Kier alpha value is -1.69. The van der Waals surface area contributed by atoms with Gasteiger partial charge in [0.05, 0.1) is 6.54 Å². The van der Waals surface area contributed by atoms with Crippen LogP contribution in [0.4, 0.5) is 0 Å². The van der Waals surface area contributed by atoms with Crippen molar-refractivity contribution in [2.45, 2.75) is 32.6 Å². The fourth-order valence-corrected chi connectivity index (χ4v) is 3.94. The number of aliphatic imine (C=N–C) groups is 1. The number of carbonyl (C=O) groups excluding carboxylic acids is 1. The molecule has 1 atom stereocenters. The average molecular weight is 349 g/mol. The van der Waals surface area contributed by atoms with Crippen LogP contribution in [-0.4, -0.2) is 47.4 Å². The van der Waals surface area contributed by atoms with E-state index in [9.17, 15) is 4.79 Å². The van der Waals surface area contributed by atoms with E-state index in [4.69, 9.17) is 10.7 Å². The lowest BCUT2D eigenvalue weighted by Crippen LogP contribution is -2.49. The Labute approximate surface area is 149 Å². The minimum atomic E-state index is -0.399. The van der Waals surface area contributed by atoms with Gasteiger partial charge in [-0.2, -0.15) is 11.8 Å². The van der Waals surface area contributed by atoms with Gasteiger partial charge in [0, 0.05) is 36.2 Å². The second kappa shape index (κ2) is 8.97. The number of hydrogen-bond acceptors (Lipinski definition) is 3. The molecular formula is C18H28N4OS. The van der Waals surface area contributed by atoms with Gasteiger partial charge in [-0.25, -0.2) is 4.99 Å². The highest BCUT2D eigenvalue weighted by Crippen LogP contribution is 2.24. The lowest BCUT2D eigenvalue weighted by atomic mass is 10.1. The molecule has 1 saturated heterocycles. The molecule has 1 unspecified atom stereocenters. The van der Waals surface area contributed by atoms with E-state index in [1.807, 2.05) is 12.1 Å². The van der Waals surface area contributed by atoms with Crippen LogP contribution in [0.3, 0.4) is 0 Å². The quantitative estimate of drug-likeness (QED) is 0.633. The summed E-state index contributed by atoms with van der Waals surface area (Å²) in [6, 6.07) is 7.34. The Morgan fingerprint density at radius 1 is 1.42 bits per heavy atom. The number of nitrogens with two attached hydrogens (primary N) is 1. The summed E-state index contributed by atoms with van der Waals surface area (Å²) in [4.78, 5) is 18.3. The van der Waals surface area contributed by atoms with Gasteiger partial charge in [0.1, 0.15) is 0 Å². The zero-order valence-electron chi connectivity index (χ0n) is 14.8. The standard InChI is InChI=1S/C18H28N4OS/c1-4-20-18(22-9-10-24-16(12-22)13(2)3)21-11-14-5-7-15(8-6-14)17(19)23/h5-8,13,16H,4,9-12H2,1-3H3,(H2,19,23)(H,20,21). The van der Waals surface area contributed by atoms with Gasteiger partial charge in [-0.1, -0.05) is 26.0 Å². The molecule has 1 heterocycles. The molecule has 0 bridgehead atoms. The molecule has 3 N–H and O–H groups in total. The Balaban J connectivity index is 2.05. The molecule has 2 rings (SSSR count). The van der Waals surface area contributed by atoms with Gasteiger partial charge in [-0.05, 0) is 30.5 Å². The molecule has 1 aromatic rings. The molecule has 0 aliphatic carbocycles. The molecular weight excluding hydrogens is 320 g/mol. The van der Waals surface area contributed by atoms with E-state index in [1.165, 1.54) is 0 Å². The maximum absolute atomic E-state index is 11.1. The molecule has 132 valence electrons. The fraction of sp³-hybridized carbons (Fsp3) is 0.556. The number of rotatable bonds is 5. The second-order valence-corrected chi connectivity index (χ2v) is 7.68. The van der Waals surface area contributed by atoms with Gasteiger partial charge in [-0.3, -0.25) is 4.79 Å². The van der Waals surface area contributed by atoms with Gasteiger partial charge >= 0.3 is 0 Å². The molecule has 0 aromatic heterocycles. The van der Waals surface area contributed by atoms with Crippen LogP contribution >= 0.6 is 11.8 Å². The number of primary amides is 1. The molecule has 24 heavy (non-hydrogen) atoms. The van der Waals surface area contributed by atoms with Crippen LogP contribution in [0.1, 0.15) is 36.7 Å². The van der Waals surface area contributed by atoms with Crippen molar-refractivity contribution in [2.75, 3.05) is 25.4 Å². The summed E-state index contributed by atoms with van der Waals surface area (Å²) < 4.78 is 0. The van der Waals surface area contributed by atoms with Crippen molar-refractivity contribution in [1.29, 1.82) is 0 Å². The van der Waals surface area contributed by atoms with Crippen LogP contribution in [0.15, 0.2) is 29.3 Å². The van der Waals surface area contributed by atoms with Gasteiger partial charge in [0.2, 0.25) is 5.91 Å². The predicted octanol–water partition coefficient (Wildman–Crippen LogP) is 2.32. The summed E-state index contributed by atoms with van der Waals surface area (Å²) in [5, 5.41) is 4.05. The minimum Gasteiger partial charge on any atom is -0.366 e. The maximum atomic E-state index is 11.1. The van der Waals surface area contributed by atoms with Crippen LogP contribution in [0, 0.1) is 5.92 Å². The summed E-state index contributed by atoms with van der Waals surface area (Å²) in [5.74, 6) is 2.38. The number of amides is 1. The molecule has 1 fully saturated rings.